The SMILES string of the molecule is S=C=Nc1ccc(C(OCCN2CCN(C/C=C/c3ccccc3)CC2)c2ccccc2)cc1. The van der Waals surface area contributed by atoms with E-state index in [2.05, 4.69) is 98.8 Å². The van der Waals surface area contributed by atoms with Gasteiger partial charge in [-0.25, -0.2) is 0 Å². The molecule has 0 spiro atoms. The van der Waals surface area contributed by atoms with Crippen LogP contribution in [-0.2, 0) is 4.74 Å². The van der Waals surface area contributed by atoms with E-state index in [9.17, 15) is 0 Å². The molecule has 0 bridgehead atoms. The Morgan fingerprint density at radius 3 is 2.12 bits per heavy atom. The maximum atomic E-state index is 6.42. The van der Waals surface area contributed by atoms with Crippen LogP contribution in [-0.4, -0.2) is 60.8 Å². The van der Waals surface area contributed by atoms with E-state index in [0.717, 1.165) is 56.1 Å². The molecule has 34 heavy (non-hydrogen) atoms. The van der Waals surface area contributed by atoms with Crippen molar-refractivity contribution in [2.45, 2.75) is 6.10 Å². The van der Waals surface area contributed by atoms with Gasteiger partial charge in [0, 0.05) is 39.3 Å². The lowest BCUT2D eigenvalue weighted by Gasteiger charge is -2.34. The number of nitrogens with zero attached hydrogens (tertiary/aromatic N) is 3. The summed E-state index contributed by atoms with van der Waals surface area (Å²) in [6.45, 7) is 6.94. The number of hydrogen-bond acceptors (Lipinski definition) is 5. The fraction of sp³-hybridized carbons (Fsp3) is 0.276. The number of thiocarbonyl (C=S) groups is 1. The Labute approximate surface area is 208 Å². The van der Waals surface area contributed by atoms with Gasteiger partial charge in [0.25, 0.3) is 0 Å². The molecule has 0 amide bonds. The monoisotopic (exact) mass is 469 g/mol. The van der Waals surface area contributed by atoms with Crippen LogP contribution in [0.3, 0.4) is 0 Å². The van der Waals surface area contributed by atoms with E-state index in [0.29, 0.717) is 6.61 Å². The molecule has 4 nitrogen and oxygen atoms in total. The van der Waals surface area contributed by atoms with E-state index in [4.69, 9.17) is 17.0 Å². The van der Waals surface area contributed by atoms with E-state index in [-0.39, 0.29) is 6.10 Å². The first-order valence-corrected chi connectivity index (χ1v) is 12.2. The summed E-state index contributed by atoms with van der Waals surface area (Å²) >= 11 is 4.71. The second-order valence-corrected chi connectivity index (χ2v) is 8.59. The molecular formula is C29H31N3OS. The van der Waals surface area contributed by atoms with Crippen LogP contribution in [0.15, 0.2) is 96.0 Å². The third-order valence-corrected chi connectivity index (χ3v) is 6.19. The topological polar surface area (TPSA) is 28.1 Å². The summed E-state index contributed by atoms with van der Waals surface area (Å²) in [4.78, 5) is 9.06. The van der Waals surface area contributed by atoms with Gasteiger partial charge in [-0.1, -0.05) is 84.9 Å². The fourth-order valence-electron chi connectivity index (χ4n) is 4.19. The molecular weight excluding hydrogens is 438 g/mol. The van der Waals surface area contributed by atoms with Crippen molar-refractivity contribution in [2.24, 2.45) is 4.99 Å². The normalized spacial score (nSPS) is 15.8. The molecule has 0 aromatic heterocycles. The maximum absolute atomic E-state index is 6.42. The lowest BCUT2D eigenvalue weighted by molar-refractivity contribution is 0.0468. The molecule has 5 heteroatoms. The van der Waals surface area contributed by atoms with E-state index in [1.165, 1.54) is 5.56 Å². The lowest BCUT2D eigenvalue weighted by Crippen LogP contribution is -2.47. The number of isothiocyanates is 1. The van der Waals surface area contributed by atoms with Gasteiger partial charge in [0.15, 0.2) is 0 Å². The minimum atomic E-state index is -0.101. The molecule has 1 saturated heterocycles. The van der Waals surface area contributed by atoms with Gasteiger partial charge in [-0.15, -0.1) is 0 Å². The minimum Gasteiger partial charge on any atom is -0.367 e. The van der Waals surface area contributed by atoms with Crippen LogP contribution in [0.5, 0.6) is 0 Å². The van der Waals surface area contributed by atoms with Crippen molar-refractivity contribution in [1.82, 2.24) is 9.80 Å². The van der Waals surface area contributed by atoms with Crippen molar-refractivity contribution >= 4 is 29.1 Å². The van der Waals surface area contributed by atoms with Gasteiger partial charge < -0.3 is 4.74 Å². The fourth-order valence-corrected chi connectivity index (χ4v) is 4.29. The molecule has 1 aliphatic heterocycles. The van der Waals surface area contributed by atoms with Crippen LogP contribution in [0.2, 0.25) is 0 Å². The number of ether oxygens (including phenoxy) is 1. The highest BCUT2D eigenvalue weighted by Crippen LogP contribution is 2.27. The smallest absolute Gasteiger partial charge is 0.108 e. The summed E-state index contributed by atoms with van der Waals surface area (Å²) in [6.07, 6.45) is 4.37. The molecule has 0 radical (unpaired) electrons. The summed E-state index contributed by atoms with van der Waals surface area (Å²) < 4.78 is 6.42. The van der Waals surface area contributed by atoms with Gasteiger partial charge >= 0.3 is 0 Å². The van der Waals surface area contributed by atoms with Crippen LogP contribution in [0.25, 0.3) is 6.08 Å². The molecule has 174 valence electrons. The van der Waals surface area contributed by atoms with E-state index < -0.39 is 0 Å². The zero-order chi connectivity index (χ0) is 23.4. The van der Waals surface area contributed by atoms with Crippen molar-refractivity contribution in [1.29, 1.82) is 0 Å². The van der Waals surface area contributed by atoms with Crippen LogP contribution in [0.1, 0.15) is 22.8 Å². The predicted molar refractivity (Wildman–Crippen MR) is 144 cm³/mol. The van der Waals surface area contributed by atoms with Crippen LogP contribution in [0.4, 0.5) is 5.69 Å². The molecule has 1 atom stereocenters. The molecule has 0 saturated carbocycles. The van der Waals surface area contributed by atoms with Gasteiger partial charge in [-0.2, -0.15) is 4.99 Å². The van der Waals surface area contributed by atoms with Crippen molar-refractivity contribution < 1.29 is 4.74 Å². The first-order chi connectivity index (χ1) is 16.8. The Bertz CT molecular complexity index is 1070. The van der Waals surface area contributed by atoms with Gasteiger partial charge in [-0.05, 0) is 41.0 Å². The number of aliphatic imine (C=N–C) groups is 1. The van der Waals surface area contributed by atoms with Crippen molar-refractivity contribution in [3.8, 4) is 0 Å². The first kappa shape index (κ1) is 24.2. The molecule has 3 aromatic rings. The van der Waals surface area contributed by atoms with Crippen molar-refractivity contribution in [3.63, 3.8) is 0 Å². The third kappa shape index (κ3) is 7.29. The molecule has 1 aliphatic rings. The predicted octanol–water partition coefficient (Wildman–Crippen LogP) is 5.86. The highest BCUT2D eigenvalue weighted by molar-refractivity contribution is 7.78. The van der Waals surface area contributed by atoms with E-state index >= 15 is 0 Å². The lowest BCUT2D eigenvalue weighted by atomic mass is 10.0. The zero-order valence-electron chi connectivity index (χ0n) is 19.4. The zero-order valence-corrected chi connectivity index (χ0v) is 20.2. The second kappa shape index (κ2) is 13.1. The number of hydrogen-bond donors (Lipinski definition) is 0. The Kier molecular flexibility index (Phi) is 9.32. The first-order valence-electron chi connectivity index (χ1n) is 11.8. The third-order valence-electron chi connectivity index (χ3n) is 6.10. The highest BCUT2D eigenvalue weighted by Gasteiger charge is 2.18. The Morgan fingerprint density at radius 1 is 0.824 bits per heavy atom. The highest BCUT2D eigenvalue weighted by atomic mass is 32.1. The Morgan fingerprint density at radius 2 is 1.44 bits per heavy atom. The maximum Gasteiger partial charge on any atom is 0.108 e. The van der Waals surface area contributed by atoms with E-state index in [1.807, 2.05) is 18.2 Å². The number of piperazine rings is 1. The van der Waals surface area contributed by atoms with Gasteiger partial charge in [-0.3, -0.25) is 9.80 Å². The molecule has 0 N–H and O–H groups in total. The summed E-state index contributed by atoms with van der Waals surface area (Å²) in [5.41, 5.74) is 4.34. The average Bonchev–Trinajstić information content (AvgIpc) is 2.89. The Balaban J connectivity index is 1.26. The quantitative estimate of drug-likeness (QED) is 0.275. The minimum absolute atomic E-state index is 0.101. The van der Waals surface area contributed by atoms with E-state index in [1.54, 1.807) is 0 Å². The molecule has 1 heterocycles. The van der Waals surface area contributed by atoms with Crippen LogP contribution < -0.4 is 0 Å². The number of rotatable bonds is 10. The standard InChI is InChI=1S/C29H31N3OS/c34-24-30-28-15-13-27(14-16-28)29(26-11-5-2-6-12-26)33-23-22-32-20-18-31(19-21-32)17-7-10-25-8-3-1-4-9-25/h1-16,29H,17-23H2/b10-7+. The molecule has 3 aromatic carbocycles. The summed E-state index contributed by atoms with van der Waals surface area (Å²) in [7, 11) is 0. The van der Waals surface area contributed by atoms with Crippen molar-refractivity contribution in [2.75, 3.05) is 45.9 Å². The van der Waals surface area contributed by atoms with Gasteiger partial charge in [0.2, 0.25) is 0 Å². The molecule has 1 unspecified atom stereocenters. The molecule has 0 aliphatic carbocycles. The van der Waals surface area contributed by atoms with Crippen LogP contribution >= 0.6 is 12.2 Å². The summed E-state index contributed by atoms with van der Waals surface area (Å²) in [6, 6.07) is 28.9. The van der Waals surface area contributed by atoms with Crippen LogP contribution in [0, 0.1) is 0 Å². The van der Waals surface area contributed by atoms with Crippen molar-refractivity contribution in [3.05, 3.63) is 108 Å². The Hall–Kier alpha value is -2.92. The molecule has 1 fully saturated rings. The largest absolute Gasteiger partial charge is 0.367 e. The summed E-state index contributed by atoms with van der Waals surface area (Å²) in [5.74, 6) is 0. The summed E-state index contributed by atoms with van der Waals surface area (Å²) in [5, 5.41) is 2.42. The van der Waals surface area contributed by atoms with Gasteiger partial charge in [0.1, 0.15) is 6.10 Å². The van der Waals surface area contributed by atoms with Gasteiger partial charge in [0.05, 0.1) is 17.5 Å². The molecule has 4 rings (SSSR count). The second-order valence-electron chi connectivity index (χ2n) is 8.41. The number of benzene rings is 3. The average molecular weight is 470 g/mol.